The summed E-state index contributed by atoms with van der Waals surface area (Å²) in [5, 5.41) is 14.1. The highest BCUT2D eigenvalue weighted by atomic mass is 16.3. The van der Waals surface area contributed by atoms with Gasteiger partial charge in [-0.15, -0.1) is 0 Å². The van der Waals surface area contributed by atoms with Gasteiger partial charge in [-0.05, 0) is 37.7 Å². The van der Waals surface area contributed by atoms with Crippen LogP contribution >= 0.6 is 0 Å². The van der Waals surface area contributed by atoms with Crippen LogP contribution in [-0.4, -0.2) is 44.6 Å². The van der Waals surface area contributed by atoms with Crippen LogP contribution in [0.2, 0.25) is 0 Å². The number of benzene rings is 1. The number of hydrogen-bond acceptors (Lipinski definition) is 5. The number of aromatic nitrogens is 2. The molecule has 136 valence electrons. The van der Waals surface area contributed by atoms with Crippen LogP contribution in [0.15, 0.2) is 30.6 Å². The number of aliphatic hydroxyl groups excluding tert-OH is 1. The molecule has 1 aromatic heterocycles. The van der Waals surface area contributed by atoms with Crippen LogP contribution in [0.3, 0.4) is 0 Å². The standard InChI is InChI=1S/C20H24N4O2/c1-13(25)24-10-9-15(12-24)18-4-2-3-14-11-21-20(23-19(14)18)22-16-5-7-17(26)8-6-16/h2-4,11-12,16-17,26H,5-10H2,1H3,(H,21,22,23)/t16-,17-. The zero-order chi connectivity index (χ0) is 18.1. The van der Waals surface area contributed by atoms with Gasteiger partial charge < -0.3 is 15.3 Å². The second kappa shape index (κ2) is 7.03. The van der Waals surface area contributed by atoms with Crippen molar-refractivity contribution in [2.45, 2.75) is 51.2 Å². The van der Waals surface area contributed by atoms with Crippen LogP contribution in [-0.2, 0) is 4.79 Å². The van der Waals surface area contributed by atoms with Crippen molar-refractivity contribution in [1.29, 1.82) is 0 Å². The van der Waals surface area contributed by atoms with Crippen molar-refractivity contribution >= 4 is 28.3 Å². The number of carbonyl (C=O) groups is 1. The van der Waals surface area contributed by atoms with Gasteiger partial charge in [0.05, 0.1) is 11.6 Å². The molecule has 2 N–H and O–H groups in total. The van der Waals surface area contributed by atoms with E-state index >= 15 is 0 Å². The Balaban J connectivity index is 1.63. The first-order valence-electron chi connectivity index (χ1n) is 9.29. The van der Waals surface area contributed by atoms with Gasteiger partial charge in [-0.25, -0.2) is 9.97 Å². The largest absolute Gasteiger partial charge is 0.393 e. The quantitative estimate of drug-likeness (QED) is 0.888. The average Bonchev–Trinajstić information content (AvgIpc) is 3.13. The smallest absolute Gasteiger partial charge is 0.223 e. The Bertz CT molecular complexity index is 856. The van der Waals surface area contributed by atoms with Gasteiger partial charge >= 0.3 is 0 Å². The van der Waals surface area contributed by atoms with E-state index in [0.717, 1.165) is 60.7 Å². The molecule has 0 bridgehead atoms. The fourth-order valence-corrected chi connectivity index (χ4v) is 3.80. The molecule has 1 amide bonds. The van der Waals surface area contributed by atoms with E-state index in [1.54, 1.807) is 11.8 Å². The summed E-state index contributed by atoms with van der Waals surface area (Å²) >= 11 is 0. The van der Waals surface area contributed by atoms with E-state index in [1.807, 2.05) is 24.5 Å². The molecule has 1 aromatic carbocycles. The number of nitrogens with one attached hydrogen (secondary N) is 1. The van der Waals surface area contributed by atoms with Gasteiger partial charge in [0, 0.05) is 42.9 Å². The van der Waals surface area contributed by atoms with Gasteiger partial charge in [-0.1, -0.05) is 18.2 Å². The highest BCUT2D eigenvalue weighted by Gasteiger charge is 2.21. The summed E-state index contributed by atoms with van der Waals surface area (Å²) in [6.07, 6.45) is 7.97. The first-order valence-corrected chi connectivity index (χ1v) is 9.29. The lowest BCUT2D eigenvalue weighted by molar-refractivity contribution is -0.125. The SMILES string of the molecule is CC(=O)N1C=C(c2cccc3cnc(N[C@H]4CC[C@H](O)CC4)nc23)CC1. The molecule has 6 heteroatoms. The van der Waals surface area contributed by atoms with Crippen molar-refractivity contribution in [2.75, 3.05) is 11.9 Å². The Hall–Kier alpha value is -2.47. The molecule has 1 aliphatic carbocycles. The third kappa shape index (κ3) is 3.42. The van der Waals surface area contributed by atoms with Crippen LogP contribution in [0.5, 0.6) is 0 Å². The summed E-state index contributed by atoms with van der Waals surface area (Å²) in [5.74, 6) is 0.699. The Morgan fingerprint density at radius 2 is 2.08 bits per heavy atom. The topological polar surface area (TPSA) is 78.4 Å². The summed E-state index contributed by atoms with van der Waals surface area (Å²) < 4.78 is 0. The number of hydrogen-bond donors (Lipinski definition) is 2. The Labute approximate surface area is 152 Å². The zero-order valence-corrected chi connectivity index (χ0v) is 15.0. The van der Waals surface area contributed by atoms with Crippen LogP contribution in [0.4, 0.5) is 5.95 Å². The van der Waals surface area contributed by atoms with E-state index in [-0.39, 0.29) is 12.0 Å². The van der Waals surface area contributed by atoms with Crippen molar-refractivity contribution in [1.82, 2.24) is 14.9 Å². The number of nitrogens with zero attached hydrogens (tertiary/aromatic N) is 3. The molecular weight excluding hydrogens is 328 g/mol. The van der Waals surface area contributed by atoms with Gasteiger partial charge in [-0.2, -0.15) is 0 Å². The maximum Gasteiger partial charge on any atom is 0.223 e. The van der Waals surface area contributed by atoms with Crippen molar-refractivity contribution in [3.05, 3.63) is 36.2 Å². The first-order chi connectivity index (χ1) is 12.6. The monoisotopic (exact) mass is 352 g/mol. The third-order valence-corrected chi connectivity index (χ3v) is 5.32. The molecule has 2 aliphatic rings. The second-order valence-corrected chi connectivity index (χ2v) is 7.20. The first kappa shape index (κ1) is 17.0. The summed E-state index contributed by atoms with van der Waals surface area (Å²) in [4.78, 5) is 22.6. The normalized spacial score (nSPS) is 23.2. The lowest BCUT2D eigenvalue weighted by Gasteiger charge is -2.26. The fourth-order valence-electron chi connectivity index (χ4n) is 3.80. The van der Waals surface area contributed by atoms with Gasteiger partial charge in [0.2, 0.25) is 11.9 Å². The van der Waals surface area contributed by atoms with Gasteiger partial charge in [0.15, 0.2) is 0 Å². The number of fused-ring (bicyclic) bond motifs is 1. The average molecular weight is 352 g/mol. The van der Waals surface area contributed by atoms with Crippen molar-refractivity contribution < 1.29 is 9.90 Å². The van der Waals surface area contributed by atoms with E-state index in [4.69, 9.17) is 4.98 Å². The van der Waals surface area contributed by atoms with Gasteiger partial charge in [-0.3, -0.25) is 4.79 Å². The van der Waals surface area contributed by atoms with E-state index in [9.17, 15) is 9.90 Å². The molecule has 6 nitrogen and oxygen atoms in total. The molecule has 26 heavy (non-hydrogen) atoms. The summed E-state index contributed by atoms with van der Waals surface area (Å²) in [6, 6.07) is 6.39. The van der Waals surface area contributed by atoms with Crippen molar-refractivity contribution in [3.63, 3.8) is 0 Å². The highest BCUT2D eigenvalue weighted by molar-refractivity contribution is 5.92. The number of anilines is 1. The van der Waals surface area contributed by atoms with Crippen molar-refractivity contribution in [2.24, 2.45) is 0 Å². The number of para-hydroxylation sites is 1. The third-order valence-electron chi connectivity index (χ3n) is 5.32. The van der Waals surface area contributed by atoms with Crippen LogP contribution in [0, 0.1) is 0 Å². The second-order valence-electron chi connectivity index (χ2n) is 7.20. The molecule has 0 unspecified atom stereocenters. The lowest BCUT2D eigenvalue weighted by atomic mass is 9.93. The molecule has 0 atom stereocenters. The molecule has 2 heterocycles. The number of carbonyl (C=O) groups excluding carboxylic acids is 1. The fraction of sp³-hybridized carbons (Fsp3) is 0.450. The predicted molar refractivity (Wildman–Crippen MR) is 101 cm³/mol. The number of aliphatic hydroxyl groups is 1. The molecule has 0 spiro atoms. The summed E-state index contributed by atoms with van der Waals surface area (Å²) in [5.41, 5.74) is 3.12. The molecule has 1 saturated carbocycles. The lowest BCUT2D eigenvalue weighted by Crippen LogP contribution is -2.28. The molecule has 0 radical (unpaired) electrons. The van der Waals surface area contributed by atoms with E-state index in [1.165, 1.54) is 0 Å². The van der Waals surface area contributed by atoms with Crippen LogP contribution in [0.25, 0.3) is 16.5 Å². The predicted octanol–water partition coefficient (Wildman–Crippen LogP) is 2.94. The molecule has 4 rings (SSSR count). The van der Waals surface area contributed by atoms with E-state index in [0.29, 0.717) is 12.0 Å². The van der Waals surface area contributed by atoms with E-state index < -0.39 is 0 Å². The van der Waals surface area contributed by atoms with Gasteiger partial charge in [0.1, 0.15) is 0 Å². The Kier molecular flexibility index (Phi) is 4.59. The summed E-state index contributed by atoms with van der Waals surface area (Å²) in [6.45, 7) is 2.31. The Morgan fingerprint density at radius 3 is 2.81 bits per heavy atom. The molecule has 0 saturated heterocycles. The minimum Gasteiger partial charge on any atom is -0.393 e. The van der Waals surface area contributed by atoms with E-state index in [2.05, 4.69) is 16.4 Å². The minimum atomic E-state index is -0.171. The molecule has 2 aromatic rings. The molecule has 1 aliphatic heterocycles. The number of amides is 1. The maximum atomic E-state index is 11.6. The van der Waals surface area contributed by atoms with Crippen molar-refractivity contribution in [3.8, 4) is 0 Å². The summed E-state index contributed by atoms with van der Waals surface area (Å²) in [7, 11) is 0. The van der Waals surface area contributed by atoms with Crippen LogP contribution in [0.1, 0.15) is 44.6 Å². The zero-order valence-electron chi connectivity index (χ0n) is 15.0. The number of rotatable bonds is 3. The van der Waals surface area contributed by atoms with Crippen LogP contribution < -0.4 is 5.32 Å². The maximum absolute atomic E-state index is 11.6. The molecular formula is C20H24N4O2. The van der Waals surface area contributed by atoms with Gasteiger partial charge in [0.25, 0.3) is 0 Å². The highest BCUT2D eigenvalue weighted by Crippen LogP contribution is 2.30. The molecule has 1 fully saturated rings. The minimum absolute atomic E-state index is 0.0664. The Morgan fingerprint density at radius 1 is 1.27 bits per heavy atom.